The van der Waals surface area contributed by atoms with Gasteiger partial charge in [-0.05, 0) is 78.0 Å². The molecule has 0 amide bonds. The number of fused-ring (bicyclic) bond motifs is 2. The van der Waals surface area contributed by atoms with E-state index in [2.05, 4.69) is 0 Å². The highest BCUT2D eigenvalue weighted by molar-refractivity contribution is 6.11. The second-order valence-corrected chi connectivity index (χ2v) is 21.2. The summed E-state index contributed by atoms with van der Waals surface area (Å²) in [5, 5.41) is 110. The molecule has 25 atom stereocenters. The number of hydrogen-bond donors (Lipinski definition) is 10. The molecule has 76 heavy (non-hydrogen) atoms. The van der Waals surface area contributed by atoms with Crippen molar-refractivity contribution < 1.29 is 117 Å². The van der Waals surface area contributed by atoms with Crippen LogP contribution in [0.5, 0.6) is 17.2 Å². The number of ether oxygens (including phenoxy) is 12. The van der Waals surface area contributed by atoms with Crippen molar-refractivity contribution in [1.29, 1.82) is 0 Å². The molecule has 2 aromatic carbocycles. The molecule has 0 aromatic heterocycles. The van der Waals surface area contributed by atoms with Crippen LogP contribution in [0.3, 0.4) is 0 Å². The van der Waals surface area contributed by atoms with Crippen LogP contribution < -0.4 is 4.74 Å². The van der Waals surface area contributed by atoms with Crippen LogP contribution in [0.4, 0.5) is 0 Å². The summed E-state index contributed by atoms with van der Waals surface area (Å²) in [5.74, 6) is -4.02. The number of hydrogen-bond acceptors (Lipinski definition) is 24. The van der Waals surface area contributed by atoms with Gasteiger partial charge in [0.2, 0.25) is 6.29 Å². The average molecular weight is 1090 g/mol. The predicted molar refractivity (Wildman–Crippen MR) is 259 cm³/mol. The largest absolute Gasteiger partial charge is 0.507 e. The standard InChI is InChI=1S/C52H76O24/c1-18-30(72-36-15-31(44(59)21(4)68-36)73-34-13-28(54)43(58)20(3)67-34)12-26-10-25-11-27(51(66-9)49(64)42(57)19(2)53)52(48(63)40(25)47(62)39(26)41(18)56)76-38-17-33(46(61)23(6)70-38)75-37-16-32(45(60)22(5)69-37)74-35-14-29(55)50(65-8)24(7)71-35/h10,12,19-24,27-29,31-38,42-46,50-62H,11,13-17H2,1-9H3/t19-,20?,21?,22?,23?,24?,27+,28?,29?,31?,32?,33?,34?,35?,36?,37?,38?,42+,43?,44?,45?,46?,50?,51+,52+/m1/s1. The van der Waals surface area contributed by atoms with E-state index in [0.29, 0.717) is 0 Å². The van der Waals surface area contributed by atoms with Crippen LogP contribution in [0.25, 0.3) is 10.8 Å². The molecule has 20 unspecified atom stereocenters. The van der Waals surface area contributed by atoms with Gasteiger partial charge in [-0.15, -0.1) is 0 Å². The highest BCUT2D eigenvalue weighted by atomic mass is 16.7. The number of ketones is 2. The van der Waals surface area contributed by atoms with Crippen molar-refractivity contribution in [3.05, 3.63) is 28.8 Å². The minimum atomic E-state index is -1.94. The van der Waals surface area contributed by atoms with Crippen molar-refractivity contribution in [3.63, 3.8) is 0 Å². The lowest BCUT2D eigenvalue weighted by Crippen LogP contribution is -2.57. The molecule has 6 aliphatic rings. The Morgan fingerprint density at radius 3 is 1.61 bits per heavy atom. The SMILES string of the molecule is COC1C(O)CC(OC2CC(OC3CC(O[C@@H]4C(=O)c5c(cc6cc(OC7CC(OC8CC(O)C(O)C(C)O8)C(O)C(C)O7)c(C)c(O)c6c5O)C[C@H]4[C@H](OC)C(=O)[C@@H](O)[C@@H](C)O)OC(C)C3O)OC(C)C2O)OC1C. The molecule has 5 aliphatic heterocycles. The fraction of sp³-hybridized carbons (Fsp3) is 0.769. The number of aliphatic hydroxyl groups excluding tert-OH is 8. The molecule has 24 heteroatoms. The third-order valence-corrected chi connectivity index (χ3v) is 15.8. The summed E-state index contributed by atoms with van der Waals surface area (Å²) in [6.07, 6.45) is -26.4. The third kappa shape index (κ3) is 12.1. The summed E-state index contributed by atoms with van der Waals surface area (Å²) in [6, 6.07) is 3.04. The topological polar surface area (TPSA) is 347 Å². The molecule has 0 saturated carbocycles. The Morgan fingerprint density at radius 2 is 1.11 bits per heavy atom. The second kappa shape index (κ2) is 24.2. The molecule has 1 aliphatic carbocycles. The highest BCUT2D eigenvalue weighted by Gasteiger charge is 2.51. The van der Waals surface area contributed by atoms with Crippen LogP contribution in [0, 0.1) is 12.8 Å². The van der Waals surface area contributed by atoms with E-state index in [1.54, 1.807) is 34.6 Å². The lowest BCUT2D eigenvalue weighted by atomic mass is 9.75. The molecule has 5 fully saturated rings. The van der Waals surface area contributed by atoms with E-state index >= 15 is 4.79 Å². The Morgan fingerprint density at radius 1 is 0.632 bits per heavy atom. The third-order valence-electron chi connectivity index (χ3n) is 15.8. The second-order valence-electron chi connectivity index (χ2n) is 21.2. The monoisotopic (exact) mass is 1080 g/mol. The van der Waals surface area contributed by atoms with Crippen molar-refractivity contribution in [3.8, 4) is 17.2 Å². The molecule has 5 heterocycles. The molecular weight excluding hydrogens is 1010 g/mol. The number of carbonyl (C=O) groups excluding carboxylic acids is 2. The Labute approximate surface area is 439 Å². The quantitative estimate of drug-likeness (QED) is 0.106. The van der Waals surface area contributed by atoms with Gasteiger partial charge in [0, 0.05) is 57.8 Å². The van der Waals surface area contributed by atoms with Gasteiger partial charge in [0.25, 0.3) is 0 Å². The van der Waals surface area contributed by atoms with Gasteiger partial charge in [-0.25, -0.2) is 0 Å². The van der Waals surface area contributed by atoms with E-state index < -0.39 is 176 Å². The Kier molecular flexibility index (Phi) is 18.7. The van der Waals surface area contributed by atoms with Gasteiger partial charge >= 0.3 is 0 Å². The van der Waals surface area contributed by atoms with Crippen LogP contribution in [0.2, 0.25) is 0 Å². The normalized spacial score (nSPS) is 41.5. The predicted octanol–water partition coefficient (Wildman–Crippen LogP) is 0.0147. The molecule has 2 aromatic rings. The van der Waals surface area contributed by atoms with Crippen LogP contribution >= 0.6 is 0 Å². The van der Waals surface area contributed by atoms with Gasteiger partial charge in [-0.3, -0.25) is 9.59 Å². The minimum Gasteiger partial charge on any atom is -0.507 e. The zero-order chi connectivity index (χ0) is 55.3. The highest BCUT2D eigenvalue weighted by Crippen LogP contribution is 2.47. The van der Waals surface area contributed by atoms with Crippen LogP contribution in [-0.2, 0) is 63.3 Å². The number of phenolic OH excluding ortho intramolecular Hbond substituents is 2. The first kappa shape index (κ1) is 58.8. The molecule has 10 N–H and O–H groups in total. The minimum absolute atomic E-state index is 0.0217. The van der Waals surface area contributed by atoms with E-state index in [-0.39, 0.29) is 71.7 Å². The van der Waals surface area contributed by atoms with Crippen LogP contribution in [0.1, 0.15) is 95.1 Å². The zero-order valence-electron chi connectivity index (χ0n) is 44.0. The van der Waals surface area contributed by atoms with Crippen molar-refractivity contribution in [2.75, 3.05) is 14.2 Å². The molecular formula is C52H76O24. The molecule has 0 radical (unpaired) electrons. The van der Waals surface area contributed by atoms with Gasteiger partial charge in [0.05, 0.1) is 78.1 Å². The number of Topliss-reactive ketones (excluding diaryl/α,β-unsaturated/α-hetero) is 2. The lowest BCUT2D eigenvalue weighted by molar-refractivity contribution is -0.329. The summed E-state index contributed by atoms with van der Waals surface area (Å²) in [7, 11) is 2.66. The number of methoxy groups -OCH3 is 2. The number of rotatable bonds is 16. The smallest absolute Gasteiger partial charge is 0.202 e. The van der Waals surface area contributed by atoms with Gasteiger partial charge in [-0.2, -0.15) is 0 Å². The Hall–Kier alpha value is -3.32. The summed E-state index contributed by atoms with van der Waals surface area (Å²) < 4.78 is 72.1. The zero-order valence-corrected chi connectivity index (χ0v) is 44.0. The Balaban J connectivity index is 1.04. The molecule has 0 bridgehead atoms. The van der Waals surface area contributed by atoms with Crippen molar-refractivity contribution >= 4 is 22.3 Å². The molecule has 5 saturated heterocycles. The number of aliphatic hydroxyl groups is 8. The lowest BCUT2D eigenvalue weighted by Gasteiger charge is -2.45. The fourth-order valence-corrected chi connectivity index (χ4v) is 11.4. The van der Waals surface area contributed by atoms with Crippen LogP contribution in [-0.4, -0.2) is 224 Å². The maximum Gasteiger partial charge on any atom is 0.202 e. The van der Waals surface area contributed by atoms with E-state index in [1.807, 2.05) is 0 Å². The summed E-state index contributed by atoms with van der Waals surface area (Å²) >= 11 is 0. The average Bonchev–Trinajstić information content (AvgIpc) is 3.36. The van der Waals surface area contributed by atoms with E-state index in [4.69, 9.17) is 56.8 Å². The van der Waals surface area contributed by atoms with Gasteiger partial charge in [0.15, 0.2) is 36.7 Å². The number of benzene rings is 2. The van der Waals surface area contributed by atoms with Gasteiger partial charge in [-0.1, -0.05) is 0 Å². The van der Waals surface area contributed by atoms with E-state index in [1.165, 1.54) is 40.2 Å². The first-order valence-electron chi connectivity index (χ1n) is 26.1. The van der Waals surface area contributed by atoms with Gasteiger partial charge < -0.3 is 108 Å². The number of aromatic hydroxyl groups is 2. The fourth-order valence-electron chi connectivity index (χ4n) is 11.4. The summed E-state index contributed by atoms with van der Waals surface area (Å²) in [5.41, 5.74) is 0.0872. The van der Waals surface area contributed by atoms with Crippen LogP contribution in [0.15, 0.2) is 12.1 Å². The first-order chi connectivity index (χ1) is 35.9. The molecule has 24 nitrogen and oxygen atoms in total. The van der Waals surface area contributed by atoms with Crippen molar-refractivity contribution in [1.82, 2.24) is 0 Å². The first-order valence-corrected chi connectivity index (χ1v) is 26.1. The summed E-state index contributed by atoms with van der Waals surface area (Å²) in [6.45, 7) is 10.8. The number of carbonyl (C=O) groups is 2. The number of phenols is 2. The van der Waals surface area contributed by atoms with Crippen molar-refractivity contribution in [2.45, 2.75) is 234 Å². The van der Waals surface area contributed by atoms with Crippen molar-refractivity contribution in [2.24, 2.45) is 5.92 Å². The Bertz CT molecular complexity index is 2310. The molecule has 0 spiro atoms. The van der Waals surface area contributed by atoms with Gasteiger partial charge in [0.1, 0.15) is 66.1 Å². The molecule has 428 valence electrons. The van der Waals surface area contributed by atoms with E-state index in [0.717, 1.165) is 0 Å². The maximum absolute atomic E-state index is 15.0. The summed E-state index contributed by atoms with van der Waals surface area (Å²) in [4.78, 5) is 28.9. The maximum atomic E-state index is 15.0. The molecule has 8 rings (SSSR count). The van der Waals surface area contributed by atoms with E-state index in [9.17, 15) is 55.9 Å².